The van der Waals surface area contributed by atoms with Crippen molar-refractivity contribution in [1.29, 1.82) is 0 Å². The molecule has 24 heavy (non-hydrogen) atoms. The molecule has 2 aliphatic carbocycles. The Kier molecular flexibility index (Phi) is 6.37. The van der Waals surface area contributed by atoms with Crippen LogP contribution in [0.2, 0.25) is 0 Å². The minimum Gasteiger partial charge on any atom is -0.300 e. The van der Waals surface area contributed by atoms with E-state index in [2.05, 4.69) is 40.3 Å². The van der Waals surface area contributed by atoms with Crippen LogP contribution in [0.1, 0.15) is 92.4 Å². The second-order valence-electron chi connectivity index (χ2n) is 9.47. The maximum Gasteiger partial charge on any atom is 0.133 e. The summed E-state index contributed by atoms with van der Waals surface area (Å²) in [5.41, 5.74) is 0.547. The smallest absolute Gasteiger partial charge is 0.133 e. The summed E-state index contributed by atoms with van der Waals surface area (Å²) in [6.07, 6.45) is 13.7. The van der Waals surface area contributed by atoms with Crippen molar-refractivity contribution in [2.24, 2.45) is 34.5 Å². The fraction of sp³-hybridized carbons (Fsp3) is 0.870. The van der Waals surface area contributed by atoms with Crippen molar-refractivity contribution in [1.82, 2.24) is 0 Å². The molecule has 1 heteroatoms. The summed E-state index contributed by atoms with van der Waals surface area (Å²) < 4.78 is 0. The van der Waals surface area contributed by atoms with E-state index in [-0.39, 0.29) is 5.41 Å². The van der Waals surface area contributed by atoms with E-state index in [0.717, 1.165) is 24.2 Å². The zero-order valence-electron chi connectivity index (χ0n) is 16.9. The molecule has 138 valence electrons. The van der Waals surface area contributed by atoms with Gasteiger partial charge in [-0.25, -0.2) is 0 Å². The number of ketones is 1. The number of Topliss-reactive ketones (excluding diaryl/α,β-unsaturated/α-hetero) is 1. The van der Waals surface area contributed by atoms with Crippen LogP contribution < -0.4 is 0 Å². The van der Waals surface area contributed by atoms with E-state index in [1.165, 1.54) is 51.4 Å². The third kappa shape index (κ3) is 3.65. The summed E-state index contributed by atoms with van der Waals surface area (Å²) in [5, 5.41) is 0. The Labute approximate surface area is 150 Å². The minimum absolute atomic E-state index is 0.230. The van der Waals surface area contributed by atoms with Gasteiger partial charge in [0.1, 0.15) is 5.78 Å². The van der Waals surface area contributed by atoms with Crippen LogP contribution in [-0.2, 0) is 4.79 Å². The number of carbonyl (C=O) groups excluding carboxylic acids is 1. The Bertz CT molecular complexity index is 453. The summed E-state index contributed by atoms with van der Waals surface area (Å²) in [4.78, 5) is 12.2. The van der Waals surface area contributed by atoms with Crippen LogP contribution in [0, 0.1) is 34.5 Å². The lowest BCUT2D eigenvalue weighted by Crippen LogP contribution is -2.37. The maximum absolute atomic E-state index is 12.2. The van der Waals surface area contributed by atoms with Gasteiger partial charge in [-0.2, -0.15) is 0 Å². The summed E-state index contributed by atoms with van der Waals surface area (Å²) >= 11 is 0. The van der Waals surface area contributed by atoms with Crippen molar-refractivity contribution in [3.8, 4) is 0 Å². The Morgan fingerprint density at radius 1 is 1.25 bits per heavy atom. The topological polar surface area (TPSA) is 17.1 Å². The van der Waals surface area contributed by atoms with Crippen LogP contribution in [0.15, 0.2) is 12.7 Å². The number of rotatable bonds is 7. The van der Waals surface area contributed by atoms with Crippen molar-refractivity contribution in [2.45, 2.75) is 92.4 Å². The van der Waals surface area contributed by atoms with Crippen LogP contribution >= 0.6 is 0 Å². The lowest BCUT2D eigenvalue weighted by molar-refractivity contribution is -0.124. The van der Waals surface area contributed by atoms with Gasteiger partial charge in [0.25, 0.3) is 0 Å². The van der Waals surface area contributed by atoms with Gasteiger partial charge in [0.05, 0.1) is 0 Å². The molecule has 5 unspecified atom stereocenters. The van der Waals surface area contributed by atoms with Gasteiger partial charge in [0.15, 0.2) is 0 Å². The standard InChI is InChI=1S/C23H40O/c1-7-14-23(6)19(12-13-21(23)18(4)24)16-17(3)20-11-9-10-15-22(20,5)8-2/h8,17,19-21H,2,7,9-16H2,1,3-6H3/t17-,19?,20?,21?,22?,23?/m0/s1. The van der Waals surface area contributed by atoms with E-state index < -0.39 is 0 Å². The third-order valence-corrected chi connectivity index (χ3v) is 7.95. The molecule has 0 aliphatic heterocycles. The molecular weight excluding hydrogens is 292 g/mol. The fourth-order valence-corrected chi connectivity index (χ4v) is 6.47. The zero-order valence-corrected chi connectivity index (χ0v) is 16.9. The Morgan fingerprint density at radius 3 is 2.54 bits per heavy atom. The van der Waals surface area contributed by atoms with Crippen molar-refractivity contribution < 1.29 is 4.79 Å². The highest BCUT2D eigenvalue weighted by molar-refractivity contribution is 5.79. The second kappa shape index (κ2) is 7.75. The monoisotopic (exact) mass is 332 g/mol. The molecule has 0 amide bonds. The van der Waals surface area contributed by atoms with Crippen molar-refractivity contribution in [2.75, 3.05) is 0 Å². The molecule has 0 aromatic carbocycles. The van der Waals surface area contributed by atoms with Crippen molar-refractivity contribution in [3.05, 3.63) is 12.7 Å². The third-order valence-electron chi connectivity index (χ3n) is 7.95. The van der Waals surface area contributed by atoms with E-state index in [1.54, 1.807) is 0 Å². The average Bonchev–Trinajstić information content (AvgIpc) is 2.84. The van der Waals surface area contributed by atoms with E-state index >= 15 is 0 Å². The normalized spacial score (nSPS) is 41.1. The molecule has 0 heterocycles. The van der Waals surface area contributed by atoms with Crippen molar-refractivity contribution >= 4 is 5.78 Å². The van der Waals surface area contributed by atoms with Crippen LogP contribution in [0.5, 0.6) is 0 Å². The average molecular weight is 333 g/mol. The van der Waals surface area contributed by atoms with Gasteiger partial charge in [0, 0.05) is 5.92 Å². The van der Waals surface area contributed by atoms with Gasteiger partial charge in [-0.3, -0.25) is 4.79 Å². The number of hydrogen-bond donors (Lipinski definition) is 0. The first-order valence-electron chi connectivity index (χ1n) is 10.4. The first kappa shape index (κ1) is 19.7. The number of allylic oxidation sites excluding steroid dienone is 1. The van der Waals surface area contributed by atoms with E-state index in [1.807, 2.05) is 6.92 Å². The van der Waals surface area contributed by atoms with Crippen LogP contribution in [-0.4, -0.2) is 5.78 Å². The molecule has 2 rings (SSSR count). The molecule has 2 fully saturated rings. The fourth-order valence-electron chi connectivity index (χ4n) is 6.47. The highest BCUT2D eigenvalue weighted by Crippen LogP contribution is 2.55. The molecule has 0 saturated heterocycles. The molecular formula is C23H40O. The first-order valence-corrected chi connectivity index (χ1v) is 10.4. The van der Waals surface area contributed by atoms with Crippen LogP contribution in [0.3, 0.4) is 0 Å². The van der Waals surface area contributed by atoms with E-state index in [0.29, 0.717) is 17.1 Å². The summed E-state index contributed by atoms with van der Waals surface area (Å²) in [5.74, 6) is 2.95. The number of hydrogen-bond acceptors (Lipinski definition) is 1. The molecule has 2 saturated carbocycles. The predicted molar refractivity (Wildman–Crippen MR) is 104 cm³/mol. The summed E-state index contributed by atoms with van der Waals surface area (Å²) in [6, 6.07) is 0. The highest BCUT2D eigenvalue weighted by atomic mass is 16.1. The predicted octanol–water partition coefficient (Wildman–Crippen LogP) is 6.82. The zero-order chi connectivity index (χ0) is 18.0. The molecule has 2 aliphatic rings. The van der Waals surface area contributed by atoms with Gasteiger partial charge in [-0.15, -0.1) is 6.58 Å². The molecule has 6 atom stereocenters. The number of carbonyl (C=O) groups is 1. The molecule has 0 bridgehead atoms. The second-order valence-corrected chi connectivity index (χ2v) is 9.47. The highest BCUT2D eigenvalue weighted by Gasteiger charge is 2.49. The summed E-state index contributed by atoms with van der Waals surface area (Å²) in [6.45, 7) is 15.6. The Morgan fingerprint density at radius 2 is 1.96 bits per heavy atom. The van der Waals surface area contributed by atoms with Gasteiger partial charge in [-0.05, 0) is 74.0 Å². The van der Waals surface area contributed by atoms with Crippen LogP contribution in [0.25, 0.3) is 0 Å². The van der Waals surface area contributed by atoms with E-state index in [9.17, 15) is 4.79 Å². The van der Waals surface area contributed by atoms with Gasteiger partial charge >= 0.3 is 0 Å². The quantitative estimate of drug-likeness (QED) is 0.468. The molecule has 1 nitrogen and oxygen atoms in total. The van der Waals surface area contributed by atoms with Gasteiger partial charge in [0.2, 0.25) is 0 Å². The largest absolute Gasteiger partial charge is 0.300 e. The van der Waals surface area contributed by atoms with E-state index in [4.69, 9.17) is 0 Å². The van der Waals surface area contributed by atoms with Gasteiger partial charge in [-0.1, -0.05) is 53.0 Å². The van der Waals surface area contributed by atoms with Gasteiger partial charge < -0.3 is 0 Å². The molecule has 0 aromatic heterocycles. The summed E-state index contributed by atoms with van der Waals surface area (Å²) in [7, 11) is 0. The molecule has 0 N–H and O–H groups in total. The first-order chi connectivity index (χ1) is 11.3. The van der Waals surface area contributed by atoms with Crippen molar-refractivity contribution in [3.63, 3.8) is 0 Å². The molecule has 0 aromatic rings. The lowest BCUT2D eigenvalue weighted by atomic mass is 9.60. The lowest BCUT2D eigenvalue weighted by Gasteiger charge is -2.45. The Hall–Kier alpha value is -0.590. The maximum atomic E-state index is 12.2. The minimum atomic E-state index is 0.230. The SMILES string of the molecule is C=CC1(C)CCCCC1[C@@H](C)CC1CCC(C(C)=O)C1(C)CCC. The molecule has 0 spiro atoms. The molecule has 0 radical (unpaired) electrons. The Balaban J connectivity index is 2.13. The van der Waals surface area contributed by atoms with Crippen LogP contribution in [0.4, 0.5) is 0 Å².